The summed E-state index contributed by atoms with van der Waals surface area (Å²) in [5.74, 6) is 0.0369. The number of carbonyl (C=O) groups excluding carboxylic acids is 1. The second-order valence-electron chi connectivity index (χ2n) is 4.40. The van der Waals surface area contributed by atoms with Crippen LogP contribution in [-0.2, 0) is 11.3 Å². The fraction of sp³-hybridized carbons (Fsp3) is 0.357. The number of carbonyl (C=O) groups is 1. The van der Waals surface area contributed by atoms with Gasteiger partial charge in [0.1, 0.15) is 0 Å². The van der Waals surface area contributed by atoms with Gasteiger partial charge in [-0.15, -0.1) is 0 Å². The Morgan fingerprint density at radius 1 is 1.47 bits per heavy atom. The summed E-state index contributed by atoms with van der Waals surface area (Å²) < 4.78 is 1.84. The van der Waals surface area contributed by atoms with Gasteiger partial charge in [-0.25, -0.2) is 0 Å². The standard InChI is InChI=1S/C14H16N4O/c1-17(9-4-8-15)14(19)7-10-18-13-6-3-2-5-12(13)11-16-18/h2-3,5-6,11H,4,7,9-10H2,1H3. The minimum absolute atomic E-state index is 0.0369. The predicted octanol–water partition coefficient (Wildman–Crippen LogP) is 1.80. The smallest absolute Gasteiger partial charge is 0.224 e. The van der Waals surface area contributed by atoms with E-state index in [0.29, 0.717) is 25.9 Å². The minimum atomic E-state index is 0.0369. The Bertz CT molecular complexity index is 611. The van der Waals surface area contributed by atoms with Crippen molar-refractivity contribution >= 4 is 16.8 Å². The van der Waals surface area contributed by atoms with Gasteiger partial charge in [0.15, 0.2) is 0 Å². The zero-order valence-corrected chi connectivity index (χ0v) is 10.9. The van der Waals surface area contributed by atoms with E-state index in [9.17, 15) is 4.79 Å². The molecule has 0 atom stereocenters. The average Bonchev–Trinajstić information content (AvgIpc) is 2.85. The molecule has 0 aliphatic heterocycles. The van der Waals surface area contributed by atoms with E-state index in [0.717, 1.165) is 10.9 Å². The fourth-order valence-corrected chi connectivity index (χ4v) is 1.94. The lowest BCUT2D eigenvalue weighted by Gasteiger charge is -2.15. The third kappa shape index (κ3) is 3.10. The number of rotatable bonds is 5. The zero-order chi connectivity index (χ0) is 13.7. The van der Waals surface area contributed by atoms with Gasteiger partial charge in [-0.3, -0.25) is 9.48 Å². The lowest BCUT2D eigenvalue weighted by molar-refractivity contribution is -0.130. The summed E-state index contributed by atoms with van der Waals surface area (Å²) >= 11 is 0. The lowest BCUT2D eigenvalue weighted by atomic mass is 10.2. The molecule has 5 nitrogen and oxygen atoms in total. The first kappa shape index (κ1) is 13.1. The van der Waals surface area contributed by atoms with Gasteiger partial charge in [-0.05, 0) is 6.07 Å². The lowest BCUT2D eigenvalue weighted by Crippen LogP contribution is -2.28. The summed E-state index contributed by atoms with van der Waals surface area (Å²) in [6.45, 7) is 1.04. The summed E-state index contributed by atoms with van der Waals surface area (Å²) in [5, 5.41) is 13.9. The number of nitriles is 1. The maximum Gasteiger partial charge on any atom is 0.224 e. The van der Waals surface area contributed by atoms with Crippen LogP contribution >= 0.6 is 0 Å². The molecule has 0 radical (unpaired) electrons. The van der Waals surface area contributed by atoms with Crippen LogP contribution in [-0.4, -0.2) is 34.2 Å². The van der Waals surface area contributed by atoms with E-state index in [4.69, 9.17) is 5.26 Å². The topological polar surface area (TPSA) is 61.9 Å². The third-order valence-electron chi connectivity index (χ3n) is 3.07. The van der Waals surface area contributed by atoms with Crippen LogP contribution in [0.3, 0.4) is 0 Å². The quantitative estimate of drug-likeness (QED) is 0.819. The maximum absolute atomic E-state index is 11.9. The molecule has 0 bridgehead atoms. The normalized spacial score (nSPS) is 10.3. The predicted molar refractivity (Wildman–Crippen MR) is 72.2 cm³/mol. The molecule has 0 saturated carbocycles. The molecule has 0 N–H and O–H groups in total. The first-order valence-corrected chi connectivity index (χ1v) is 6.24. The molecule has 0 spiro atoms. The van der Waals surface area contributed by atoms with Crippen LogP contribution in [0.1, 0.15) is 12.8 Å². The Labute approximate surface area is 112 Å². The van der Waals surface area contributed by atoms with Crippen molar-refractivity contribution in [1.82, 2.24) is 14.7 Å². The maximum atomic E-state index is 11.9. The second-order valence-corrected chi connectivity index (χ2v) is 4.40. The van der Waals surface area contributed by atoms with E-state index >= 15 is 0 Å². The Kier molecular flexibility index (Phi) is 4.14. The fourth-order valence-electron chi connectivity index (χ4n) is 1.94. The summed E-state index contributed by atoms with van der Waals surface area (Å²) in [4.78, 5) is 13.4. The van der Waals surface area contributed by atoms with Crippen LogP contribution in [0.4, 0.5) is 0 Å². The average molecular weight is 256 g/mol. The molecule has 1 heterocycles. The SMILES string of the molecule is CN(CCC#N)C(=O)CCn1ncc2ccccc21. The molecule has 1 aromatic carbocycles. The molecule has 2 rings (SSSR count). The Balaban J connectivity index is 1.95. The number of para-hydroxylation sites is 1. The van der Waals surface area contributed by atoms with E-state index in [2.05, 4.69) is 5.10 Å². The highest BCUT2D eigenvalue weighted by Gasteiger charge is 2.09. The van der Waals surface area contributed by atoms with Gasteiger partial charge in [-0.1, -0.05) is 18.2 Å². The Morgan fingerprint density at radius 2 is 2.26 bits per heavy atom. The van der Waals surface area contributed by atoms with Gasteiger partial charge in [0.2, 0.25) is 5.91 Å². The largest absolute Gasteiger partial charge is 0.345 e. The number of amides is 1. The first-order valence-electron chi connectivity index (χ1n) is 6.24. The van der Waals surface area contributed by atoms with E-state index in [1.165, 1.54) is 0 Å². The van der Waals surface area contributed by atoms with Crippen molar-refractivity contribution in [2.45, 2.75) is 19.4 Å². The number of nitrogens with zero attached hydrogens (tertiary/aromatic N) is 4. The zero-order valence-electron chi connectivity index (χ0n) is 10.9. The summed E-state index contributed by atoms with van der Waals surface area (Å²) in [6.07, 6.45) is 2.57. The third-order valence-corrected chi connectivity index (χ3v) is 3.07. The van der Waals surface area contributed by atoms with Crippen molar-refractivity contribution in [3.05, 3.63) is 30.5 Å². The van der Waals surface area contributed by atoms with Gasteiger partial charge in [0.05, 0.1) is 30.7 Å². The van der Waals surface area contributed by atoms with Crippen molar-refractivity contribution in [1.29, 1.82) is 5.26 Å². The van der Waals surface area contributed by atoms with Gasteiger partial charge < -0.3 is 4.90 Å². The van der Waals surface area contributed by atoms with Crippen LogP contribution in [0, 0.1) is 11.3 Å². The number of hydrogen-bond donors (Lipinski definition) is 0. The molecule has 0 saturated heterocycles. The molecular weight excluding hydrogens is 240 g/mol. The van der Waals surface area contributed by atoms with Gasteiger partial charge in [-0.2, -0.15) is 10.4 Å². The number of aryl methyl sites for hydroxylation is 1. The van der Waals surface area contributed by atoms with Crippen LogP contribution in [0.5, 0.6) is 0 Å². The van der Waals surface area contributed by atoms with Crippen molar-refractivity contribution < 1.29 is 4.79 Å². The summed E-state index contributed by atoms with van der Waals surface area (Å²) in [7, 11) is 1.72. The molecule has 2 aromatic rings. The summed E-state index contributed by atoms with van der Waals surface area (Å²) in [5.41, 5.74) is 1.04. The highest BCUT2D eigenvalue weighted by atomic mass is 16.2. The van der Waals surface area contributed by atoms with Crippen molar-refractivity contribution in [3.63, 3.8) is 0 Å². The number of benzene rings is 1. The molecule has 0 aliphatic carbocycles. The van der Waals surface area contributed by atoms with Crippen LogP contribution in [0.25, 0.3) is 10.9 Å². The van der Waals surface area contributed by atoms with E-state index in [1.807, 2.05) is 35.0 Å². The van der Waals surface area contributed by atoms with Crippen molar-refractivity contribution in [3.8, 4) is 6.07 Å². The molecule has 0 aliphatic rings. The highest BCUT2D eigenvalue weighted by molar-refractivity contribution is 5.79. The Hall–Kier alpha value is -2.35. The van der Waals surface area contributed by atoms with Crippen LogP contribution < -0.4 is 0 Å². The summed E-state index contributed by atoms with van der Waals surface area (Å²) in [6, 6.07) is 9.95. The second kappa shape index (κ2) is 6.01. The van der Waals surface area contributed by atoms with Crippen LogP contribution in [0.2, 0.25) is 0 Å². The monoisotopic (exact) mass is 256 g/mol. The molecule has 1 amide bonds. The number of fused-ring (bicyclic) bond motifs is 1. The van der Waals surface area contributed by atoms with E-state index in [1.54, 1.807) is 18.1 Å². The van der Waals surface area contributed by atoms with Gasteiger partial charge in [0, 0.05) is 25.4 Å². The number of hydrogen-bond acceptors (Lipinski definition) is 3. The minimum Gasteiger partial charge on any atom is -0.345 e. The van der Waals surface area contributed by atoms with Gasteiger partial charge in [0.25, 0.3) is 0 Å². The molecule has 0 fully saturated rings. The van der Waals surface area contributed by atoms with E-state index < -0.39 is 0 Å². The molecule has 5 heteroatoms. The molecule has 0 unspecified atom stereocenters. The number of aromatic nitrogens is 2. The Morgan fingerprint density at radius 3 is 3.05 bits per heavy atom. The molecule has 19 heavy (non-hydrogen) atoms. The van der Waals surface area contributed by atoms with E-state index in [-0.39, 0.29) is 5.91 Å². The van der Waals surface area contributed by atoms with Crippen molar-refractivity contribution in [2.75, 3.05) is 13.6 Å². The first-order chi connectivity index (χ1) is 9.22. The van der Waals surface area contributed by atoms with Gasteiger partial charge >= 0.3 is 0 Å². The highest BCUT2D eigenvalue weighted by Crippen LogP contribution is 2.13. The molecular formula is C14H16N4O. The molecule has 1 aromatic heterocycles. The molecule has 98 valence electrons. The van der Waals surface area contributed by atoms with Crippen LogP contribution in [0.15, 0.2) is 30.5 Å². The van der Waals surface area contributed by atoms with Crippen molar-refractivity contribution in [2.24, 2.45) is 0 Å².